The topological polar surface area (TPSA) is 91.4 Å². The first-order chi connectivity index (χ1) is 19.5. The zero-order valence-electron chi connectivity index (χ0n) is 24.3. The molecule has 41 heavy (non-hydrogen) atoms. The van der Waals surface area contributed by atoms with Crippen molar-refractivity contribution in [3.63, 3.8) is 0 Å². The second-order valence-corrected chi connectivity index (χ2v) is 13.8. The largest absolute Gasteiger partial charge is 0.467 e. The lowest BCUT2D eigenvalue weighted by Gasteiger charge is -2.51. The molecule has 3 aromatic rings. The molecule has 9 heteroatoms. The summed E-state index contributed by atoms with van der Waals surface area (Å²) in [7, 11) is -2.22. The molecule has 3 aromatic carbocycles. The van der Waals surface area contributed by atoms with Gasteiger partial charge < -0.3 is 23.2 Å². The molecule has 8 nitrogen and oxygen atoms in total. The van der Waals surface area contributed by atoms with E-state index in [0.717, 1.165) is 15.9 Å². The van der Waals surface area contributed by atoms with Gasteiger partial charge in [-0.15, -0.1) is 0 Å². The molecule has 1 fully saturated rings. The van der Waals surface area contributed by atoms with Gasteiger partial charge in [-0.3, -0.25) is 9.59 Å². The third kappa shape index (κ3) is 6.42. The molecule has 1 heterocycles. The minimum Gasteiger partial charge on any atom is -0.467 e. The number of carbonyl (C=O) groups excluding carboxylic acids is 3. The van der Waals surface area contributed by atoms with Gasteiger partial charge in [0.15, 0.2) is 6.04 Å². The maximum Gasteiger partial charge on any atom is 0.407 e. The predicted molar refractivity (Wildman–Crippen MR) is 157 cm³/mol. The molecule has 0 saturated carbocycles. The van der Waals surface area contributed by atoms with E-state index in [1.54, 1.807) is 6.92 Å². The number of β-lactam (4-membered cyclic amide) rings is 1. The van der Waals surface area contributed by atoms with Crippen molar-refractivity contribution in [2.45, 2.75) is 64.5 Å². The van der Waals surface area contributed by atoms with Gasteiger partial charge in [-0.25, -0.2) is 4.79 Å². The molecule has 0 spiro atoms. The van der Waals surface area contributed by atoms with Gasteiger partial charge >= 0.3 is 20.5 Å². The molecular formula is C32H37NO7Si. The molecule has 1 saturated heterocycles. The smallest absolute Gasteiger partial charge is 0.407 e. The van der Waals surface area contributed by atoms with Crippen molar-refractivity contribution in [2.24, 2.45) is 0 Å². The molecule has 0 aromatic heterocycles. The lowest BCUT2D eigenvalue weighted by atomic mass is 9.87. The fourth-order valence-electron chi connectivity index (χ4n) is 5.24. The molecule has 4 unspecified atom stereocenters. The molecule has 0 aliphatic carbocycles. The zero-order chi connectivity index (χ0) is 29.8. The summed E-state index contributed by atoms with van der Waals surface area (Å²) in [4.78, 5) is 40.3. The van der Waals surface area contributed by atoms with Crippen molar-refractivity contribution in [1.29, 1.82) is 0 Å². The van der Waals surface area contributed by atoms with Crippen LogP contribution in [-0.2, 0) is 32.7 Å². The van der Waals surface area contributed by atoms with Gasteiger partial charge in [-0.05, 0) is 43.6 Å². The van der Waals surface area contributed by atoms with Crippen LogP contribution in [0.15, 0.2) is 91.0 Å². The molecule has 4 atom stereocenters. The molecule has 4 rings (SSSR count). The number of ether oxygens (including phenoxy) is 2. The van der Waals surface area contributed by atoms with E-state index in [4.69, 9.17) is 18.3 Å². The maximum atomic E-state index is 13.5. The van der Waals surface area contributed by atoms with Crippen molar-refractivity contribution in [2.75, 3.05) is 7.11 Å². The van der Waals surface area contributed by atoms with Crippen molar-refractivity contribution < 1.29 is 32.7 Å². The normalized spacial score (nSPS) is 18.7. The Morgan fingerprint density at radius 1 is 0.854 bits per heavy atom. The SMILES string of the molecule is COC(=O)C(C(C)O[Si](OC(C)(C)C)(c1ccccc1)c1ccccc1)N1C(=O)C(OC(C)=O)C1c1ccccc1. The molecular weight excluding hydrogens is 538 g/mol. The van der Waals surface area contributed by atoms with E-state index in [-0.39, 0.29) is 0 Å². The van der Waals surface area contributed by atoms with Crippen LogP contribution in [0, 0.1) is 0 Å². The molecule has 1 amide bonds. The van der Waals surface area contributed by atoms with Crippen molar-refractivity contribution in [3.05, 3.63) is 96.6 Å². The monoisotopic (exact) mass is 575 g/mol. The second kappa shape index (κ2) is 12.4. The summed E-state index contributed by atoms with van der Waals surface area (Å²) in [5.74, 6) is -1.72. The summed E-state index contributed by atoms with van der Waals surface area (Å²) in [6.45, 7) is 8.88. The molecule has 0 radical (unpaired) electrons. The van der Waals surface area contributed by atoms with Crippen LogP contribution in [0.5, 0.6) is 0 Å². The molecule has 0 N–H and O–H groups in total. The summed E-state index contributed by atoms with van der Waals surface area (Å²) in [5.41, 5.74) is 0.109. The highest BCUT2D eigenvalue weighted by Gasteiger charge is 2.58. The Morgan fingerprint density at radius 2 is 1.34 bits per heavy atom. The summed E-state index contributed by atoms with van der Waals surface area (Å²) in [6.07, 6.45) is -1.93. The van der Waals surface area contributed by atoms with E-state index >= 15 is 0 Å². The summed E-state index contributed by atoms with van der Waals surface area (Å²) < 4.78 is 24.5. The number of hydrogen-bond acceptors (Lipinski definition) is 7. The number of rotatable bonds is 10. The van der Waals surface area contributed by atoms with Gasteiger partial charge in [-0.2, -0.15) is 0 Å². The standard InChI is InChI=1S/C32H37NO7Si/c1-22(39-41(40-32(3,4)5,25-18-12-8-13-19-25)26-20-14-9-15-21-26)27(31(36)37-6)33-28(24-16-10-7-11-17-24)29(30(33)35)38-23(2)34/h7-22,27-29H,1-6H3. The summed E-state index contributed by atoms with van der Waals surface area (Å²) in [6, 6.07) is 26.7. The predicted octanol–water partition coefficient (Wildman–Crippen LogP) is 3.52. The Hall–Kier alpha value is -3.79. The van der Waals surface area contributed by atoms with Crippen LogP contribution in [0.4, 0.5) is 0 Å². The highest BCUT2D eigenvalue weighted by Crippen LogP contribution is 2.40. The highest BCUT2D eigenvalue weighted by molar-refractivity contribution is 6.92. The lowest BCUT2D eigenvalue weighted by molar-refractivity contribution is -0.195. The Kier molecular flexibility index (Phi) is 9.11. The maximum absolute atomic E-state index is 13.5. The number of methoxy groups -OCH3 is 1. The van der Waals surface area contributed by atoms with Gasteiger partial charge in [-0.1, -0.05) is 91.0 Å². The van der Waals surface area contributed by atoms with Crippen molar-refractivity contribution in [1.82, 2.24) is 4.90 Å². The van der Waals surface area contributed by atoms with Crippen LogP contribution >= 0.6 is 0 Å². The number of carbonyl (C=O) groups is 3. The van der Waals surface area contributed by atoms with Crippen LogP contribution in [0.1, 0.15) is 46.2 Å². The number of hydrogen-bond donors (Lipinski definition) is 0. The minimum atomic E-state index is -3.50. The number of esters is 2. The van der Waals surface area contributed by atoms with Crippen LogP contribution in [0.3, 0.4) is 0 Å². The van der Waals surface area contributed by atoms with E-state index < -0.39 is 56.3 Å². The van der Waals surface area contributed by atoms with E-state index in [2.05, 4.69) is 0 Å². The third-order valence-corrected chi connectivity index (χ3v) is 10.6. The van der Waals surface area contributed by atoms with E-state index in [1.165, 1.54) is 18.9 Å². The Labute approximate surface area is 242 Å². The van der Waals surface area contributed by atoms with Crippen LogP contribution in [-0.4, -0.2) is 62.3 Å². The quantitative estimate of drug-likeness (QED) is 0.208. The second-order valence-electron chi connectivity index (χ2n) is 11.0. The Bertz CT molecular complexity index is 1310. The fraction of sp³-hybridized carbons (Fsp3) is 0.344. The Balaban J connectivity index is 1.82. The van der Waals surface area contributed by atoms with Crippen LogP contribution < -0.4 is 10.4 Å². The van der Waals surface area contributed by atoms with Crippen molar-refractivity contribution >= 4 is 36.8 Å². The first-order valence-electron chi connectivity index (χ1n) is 13.6. The third-order valence-electron chi connectivity index (χ3n) is 6.81. The number of nitrogens with zero attached hydrogens (tertiary/aromatic N) is 1. The van der Waals surface area contributed by atoms with E-state index in [9.17, 15) is 14.4 Å². The van der Waals surface area contributed by atoms with Crippen molar-refractivity contribution in [3.8, 4) is 0 Å². The Morgan fingerprint density at radius 3 is 1.78 bits per heavy atom. The zero-order valence-corrected chi connectivity index (χ0v) is 25.3. The van der Waals surface area contributed by atoms with Gasteiger partial charge in [0.25, 0.3) is 5.91 Å². The summed E-state index contributed by atoms with van der Waals surface area (Å²) >= 11 is 0. The molecule has 216 valence electrons. The number of amides is 1. The van der Waals surface area contributed by atoms with Gasteiger partial charge in [0, 0.05) is 6.92 Å². The summed E-state index contributed by atoms with van der Waals surface area (Å²) in [5, 5.41) is 1.70. The van der Waals surface area contributed by atoms with Gasteiger partial charge in [0.2, 0.25) is 6.10 Å². The molecule has 1 aliphatic rings. The van der Waals surface area contributed by atoms with E-state index in [1.807, 2.05) is 112 Å². The first kappa shape index (κ1) is 30.2. The lowest BCUT2D eigenvalue weighted by Crippen LogP contribution is -2.71. The minimum absolute atomic E-state index is 0.497. The van der Waals surface area contributed by atoms with Gasteiger partial charge in [0.1, 0.15) is 6.04 Å². The molecule has 0 bridgehead atoms. The van der Waals surface area contributed by atoms with Crippen LogP contribution in [0.25, 0.3) is 0 Å². The van der Waals surface area contributed by atoms with E-state index in [0.29, 0.717) is 0 Å². The average molecular weight is 576 g/mol. The van der Waals surface area contributed by atoms with Crippen LogP contribution in [0.2, 0.25) is 0 Å². The number of likely N-dealkylation sites (tertiary alicyclic amines) is 1. The van der Waals surface area contributed by atoms with Gasteiger partial charge in [0.05, 0.1) is 18.8 Å². The first-order valence-corrected chi connectivity index (χ1v) is 15.4. The fourth-order valence-corrected chi connectivity index (χ4v) is 8.91. The average Bonchev–Trinajstić information content (AvgIpc) is 2.96. The highest BCUT2D eigenvalue weighted by atomic mass is 28.4. The molecule has 1 aliphatic heterocycles. The number of benzene rings is 3.